The van der Waals surface area contributed by atoms with Crippen LogP contribution in [0.1, 0.15) is 11.1 Å². The van der Waals surface area contributed by atoms with E-state index in [-0.39, 0.29) is 0 Å². The minimum Gasteiger partial charge on any atom is -0.493 e. The highest BCUT2D eigenvalue weighted by molar-refractivity contribution is 6.50. The predicted molar refractivity (Wildman–Crippen MR) is 106 cm³/mol. The van der Waals surface area contributed by atoms with E-state index >= 15 is 0 Å². The van der Waals surface area contributed by atoms with Crippen molar-refractivity contribution in [1.29, 1.82) is 0 Å². The number of hydrogen-bond donors (Lipinski definition) is 1. The number of ether oxygens (including phenoxy) is 1. The number of benzene rings is 2. The predicted octanol–water partition coefficient (Wildman–Crippen LogP) is 3.50. The van der Waals surface area contributed by atoms with Gasteiger partial charge in [-0.2, -0.15) is 0 Å². The molecule has 0 atom stereocenters. The van der Waals surface area contributed by atoms with Gasteiger partial charge in [-0.1, -0.05) is 30.3 Å². The maximum absolute atomic E-state index is 12.7. The van der Waals surface area contributed by atoms with Gasteiger partial charge in [-0.25, -0.2) is 0 Å². The van der Waals surface area contributed by atoms with E-state index in [0.717, 1.165) is 16.3 Å². The topological polar surface area (TPSA) is 73.5 Å². The molecule has 0 saturated heterocycles. The number of hydrogen-bond acceptors (Lipinski definition) is 4. The van der Waals surface area contributed by atoms with E-state index < -0.39 is 11.8 Å². The fraction of sp³-hybridized carbons (Fsp3) is 0.0909. The molecule has 0 aliphatic carbocycles. The lowest BCUT2D eigenvalue weighted by Crippen LogP contribution is -2.22. The van der Waals surface area contributed by atoms with Crippen molar-refractivity contribution in [2.45, 2.75) is 0 Å². The smallest absolute Gasteiger partial charge is 0.259 e. The van der Waals surface area contributed by atoms with Crippen molar-refractivity contribution >= 4 is 44.8 Å². The van der Waals surface area contributed by atoms with Gasteiger partial charge >= 0.3 is 0 Å². The van der Waals surface area contributed by atoms with Crippen LogP contribution in [0.15, 0.2) is 59.3 Å². The zero-order valence-corrected chi connectivity index (χ0v) is 15.3. The van der Waals surface area contributed by atoms with Crippen molar-refractivity contribution in [3.8, 4) is 5.75 Å². The quantitative estimate of drug-likeness (QED) is 0.559. The molecule has 1 aliphatic heterocycles. The van der Waals surface area contributed by atoms with Crippen molar-refractivity contribution in [1.82, 2.24) is 9.88 Å². The lowest BCUT2D eigenvalue weighted by Gasteiger charge is -2.03. The van der Waals surface area contributed by atoms with Gasteiger partial charge in [0.2, 0.25) is 0 Å². The molecule has 2 amide bonds. The Morgan fingerprint density at radius 3 is 2.43 bits per heavy atom. The van der Waals surface area contributed by atoms with Crippen LogP contribution in [0.5, 0.6) is 5.75 Å². The zero-order valence-electron chi connectivity index (χ0n) is 15.3. The van der Waals surface area contributed by atoms with Crippen LogP contribution in [0.2, 0.25) is 0 Å². The van der Waals surface area contributed by atoms with Crippen molar-refractivity contribution < 1.29 is 18.7 Å². The fourth-order valence-electron chi connectivity index (χ4n) is 3.90. The molecule has 5 rings (SSSR count). The average molecular weight is 372 g/mol. The number of carbonyl (C=O) groups excluding carboxylic acids is 2. The van der Waals surface area contributed by atoms with Crippen molar-refractivity contribution in [3.05, 3.63) is 66.1 Å². The van der Waals surface area contributed by atoms with Gasteiger partial charge in [0.05, 0.1) is 18.3 Å². The first-order valence-corrected chi connectivity index (χ1v) is 8.79. The first-order valence-electron chi connectivity index (χ1n) is 8.79. The number of aromatic nitrogens is 1. The number of nitrogens with one attached hydrogen (secondary N) is 1. The first-order chi connectivity index (χ1) is 13.6. The van der Waals surface area contributed by atoms with E-state index in [1.165, 1.54) is 6.26 Å². The Morgan fingerprint density at radius 2 is 1.64 bits per heavy atom. The van der Waals surface area contributed by atoms with Crippen molar-refractivity contribution in [2.24, 2.45) is 7.05 Å². The summed E-state index contributed by atoms with van der Waals surface area (Å²) < 4.78 is 13.0. The molecule has 0 fully saturated rings. The summed E-state index contributed by atoms with van der Waals surface area (Å²) in [6.45, 7) is 0. The van der Waals surface area contributed by atoms with Gasteiger partial charge in [0, 0.05) is 40.7 Å². The summed E-state index contributed by atoms with van der Waals surface area (Å²) in [6, 6.07) is 13.2. The van der Waals surface area contributed by atoms with Gasteiger partial charge in [-0.3, -0.25) is 14.9 Å². The number of furan rings is 1. The molecule has 2 aromatic heterocycles. The zero-order chi connectivity index (χ0) is 19.4. The molecular weight excluding hydrogens is 356 g/mol. The highest BCUT2D eigenvalue weighted by atomic mass is 16.5. The van der Waals surface area contributed by atoms with E-state index in [4.69, 9.17) is 9.15 Å². The summed E-state index contributed by atoms with van der Waals surface area (Å²) in [5.74, 6) is -0.271. The molecule has 0 bridgehead atoms. The molecule has 3 heterocycles. The van der Waals surface area contributed by atoms with E-state index in [1.807, 2.05) is 54.2 Å². The second-order valence-corrected chi connectivity index (χ2v) is 6.69. The fourth-order valence-corrected chi connectivity index (χ4v) is 3.90. The lowest BCUT2D eigenvalue weighted by atomic mass is 9.95. The molecule has 0 radical (unpaired) electrons. The molecule has 0 unspecified atom stereocenters. The van der Waals surface area contributed by atoms with Crippen LogP contribution in [0, 0.1) is 0 Å². The number of carbonyl (C=O) groups is 2. The molecular formula is C22H16N2O4. The Bertz CT molecular complexity index is 1320. The van der Waals surface area contributed by atoms with E-state index in [0.29, 0.717) is 33.6 Å². The molecule has 6 nitrogen and oxygen atoms in total. The van der Waals surface area contributed by atoms with E-state index in [2.05, 4.69) is 5.32 Å². The Balaban J connectivity index is 1.84. The molecule has 28 heavy (non-hydrogen) atoms. The standard InChI is InChI=1S/C22H16N2O4/c1-24-10-14(12-6-3-4-8-16(12)24)18-19(22(26)23-21(18)25)15-11-28-20-13(15)7-5-9-17(20)27-2/h3-11H,1-2H3,(H,23,25,26). The van der Waals surface area contributed by atoms with Gasteiger partial charge in [0.25, 0.3) is 11.8 Å². The molecule has 4 aromatic rings. The normalized spacial score (nSPS) is 14.4. The first kappa shape index (κ1) is 16.4. The number of imide groups is 1. The van der Waals surface area contributed by atoms with Gasteiger partial charge in [0.1, 0.15) is 6.26 Å². The van der Waals surface area contributed by atoms with Crippen LogP contribution >= 0.6 is 0 Å². The average Bonchev–Trinajstić information content (AvgIpc) is 3.35. The summed E-state index contributed by atoms with van der Waals surface area (Å²) in [5, 5.41) is 4.07. The second kappa shape index (κ2) is 5.85. The highest BCUT2D eigenvalue weighted by Gasteiger charge is 2.35. The van der Waals surface area contributed by atoms with Gasteiger partial charge in [-0.15, -0.1) is 0 Å². The summed E-state index contributed by atoms with van der Waals surface area (Å²) in [4.78, 5) is 25.5. The third-order valence-electron chi connectivity index (χ3n) is 5.15. The van der Waals surface area contributed by atoms with Crippen LogP contribution in [-0.4, -0.2) is 23.5 Å². The van der Waals surface area contributed by atoms with Gasteiger partial charge in [0.15, 0.2) is 11.3 Å². The molecule has 0 saturated carbocycles. The van der Waals surface area contributed by atoms with Crippen molar-refractivity contribution in [2.75, 3.05) is 7.11 Å². The number of nitrogens with zero attached hydrogens (tertiary/aromatic N) is 1. The molecule has 0 spiro atoms. The largest absolute Gasteiger partial charge is 0.493 e. The Hall–Kier alpha value is -3.80. The molecule has 138 valence electrons. The van der Waals surface area contributed by atoms with Crippen LogP contribution in [0.25, 0.3) is 33.0 Å². The number of aryl methyl sites for hydroxylation is 1. The molecule has 2 aromatic carbocycles. The summed E-state index contributed by atoms with van der Waals surface area (Å²) in [6.07, 6.45) is 3.38. The lowest BCUT2D eigenvalue weighted by molar-refractivity contribution is -0.122. The summed E-state index contributed by atoms with van der Waals surface area (Å²) in [7, 11) is 3.47. The Labute approximate surface area is 160 Å². The van der Waals surface area contributed by atoms with Crippen molar-refractivity contribution in [3.63, 3.8) is 0 Å². The maximum atomic E-state index is 12.7. The Kier molecular flexibility index (Phi) is 3.42. The minimum atomic E-state index is -0.432. The summed E-state index contributed by atoms with van der Waals surface area (Å²) in [5.41, 5.74) is 3.47. The van der Waals surface area contributed by atoms with Gasteiger partial charge < -0.3 is 13.7 Å². The third-order valence-corrected chi connectivity index (χ3v) is 5.15. The monoisotopic (exact) mass is 372 g/mol. The molecule has 6 heteroatoms. The number of para-hydroxylation sites is 2. The van der Waals surface area contributed by atoms with E-state index in [9.17, 15) is 9.59 Å². The molecule has 1 N–H and O–H groups in total. The number of methoxy groups -OCH3 is 1. The highest BCUT2D eigenvalue weighted by Crippen LogP contribution is 2.40. The van der Waals surface area contributed by atoms with Gasteiger partial charge in [-0.05, 0) is 12.1 Å². The SMILES string of the molecule is COc1cccc2c(C3=C(c4cn(C)c5ccccc45)C(=O)NC3=O)coc12. The maximum Gasteiger partial charge on any atom is 0.259 e. The van der Waals surface area contributed by atoms with E-state index in [1.54, 1.807) is 13.2 Å². The summed E-state index contributed by atoms with van der Waals surface area (Å²) >= 11 is 0. The number of amides is 2. The molecule has 1 aliphatic rings. The van der Waals surface area contributed by atoms with Crippen LogP contribution in [-0.2, 0) is 16.6 Å². The number of fused-ring (bicyclic) bond motifs is 2. The van der Waals surface area contributed by atoms with Crippen LogP contribution < -0.4 is 10.1 Å². The third kappa shape index (κ3) is 2.15. The Morgan fingerprint density at radius 1 is 0.929 bits per heavy atom. The number of rotatable bonds is 3. The van der Waals surface area contributed by atoms with Crippen LogP contribution in [0.3, 0.4) is 0 Å². The second-order valence-electron chi connectivity index (χ2n) is 6.69. The van der Waals surface area contributed by atoms with Crippen LogP contribution in [0.4, 0.5) is 0 Å². The minimum absolute atomic E-state index is 0.313.